The number of nitrogens with zero attached hydrogens (tertiary/aromatic N) is 3. The van der Waals surface area contributed by atoms with Crippen molar-refractivity contribution in [2.24, 2.45) is 41.4 Å². The Morgan fingerprint density at radius 2 is 1.55 bits per heavy atom. The first-order chi connectivity index (χ1) is 24.6. The summed E-state index contributed by atoms with van der Waals surface area (Å²) in [6.45, 7) is 6.18. The Morgan fingerprint density at radius 1 is 0.863 bits per heavy atom. The van der Waals surface area contributed by atoms with Crippen molar-refractivity contribution in [3.8, 4) is 0 Å². The summed E-state index contributed by atoms with van der Waals surface area (Å²) in [6.07, 6.45) is 18.6. The molecule has 10 nitrogen and oxygen atoms in total. The van der Waals surface area contributed by atoms with Crippen LogP contribution in [0.2, 0.25) is 0 Å². The first kappa shape index (κ1) is 38.9. The molecule has 4 aliphatic rings. The van der Waals surface area contributed by atoms with Crippen molar-refractivity contribution in [2.75, 3.05) is 6.54 Å². The minimum absolute atomic E-state index is 0.00487. The van der Waals surface area contributed by atoms with Crippen molar-refractivity contribution >= 4 is 34.9 Å². The maximum Gasteiger partial charge on any atom is 0.246 e. The molecule has 5 atom stereocenters. The number of carbonyl (C=O) groups excluding carboxylic acids is 6. The first-order valence-corrected chi connectivity index (χ1v) is 20.1. The molecule has 1 unspecified atom stereocenters. The molecule has 0 bridgehead atoms. The minimum atomic E-state index is -0.871. The molecular weight excluding hydrogens is 644 g/mol. The van der Waals surface area contributed by atoms with Gasteiger partial charge in [-0.2, -0.15) is 0 Å². The van der Waals surface area contributed by atoms with Crippen molar-refractivity contribution in [3.63, 3.8) is 0 Å². The van der Waals surface area contributed by atoms with Gasteiger partial charge < -0.3 is 10.2 Å². The quantitative estimate of drug-likeness (QED) is 0.135. The number of rotatable bonds is 18. The zero-order chi connectivity index (χ0) is 36.5. The molecule has 0 radical (unpaired) electrons. The van der Waals surface area contributed by atoms with E-state index in [4.69, 9.17) is 0 Å². The summed E-state index contributed by atoms with van der Waals surface area (Å²) in [6, 6.07) is -1.55. The van der Waals surface area contributed by atoms with Crippen LogP contribution in [0.15, 0.2) is 18.6 Å². The highest BCUT2D eigenvalue weighted by Crippen LogP contribution is 2.41. The monoisotopic (exact) mass is 704 g/mol. The third kappa shape index (κ3) is 10.2. The van der Waals surface area contributed by atoms with Gasteiger partial charge in [-0.25, -0.2) is 4.98 Å². The lowest BCUT2D eigenvalue weighted by molar-refractivity contribution is -0.145. The molecule has 1 saturated heterocycles. The van der Waals surface area contributed by atoms with E-state index in [1.54, 1.807) is 4.90 Å². The van der Waals surface area contributed by atoms with Crippen LogP contribution in [-0.4, -0.2) is 68.4 Å². The molecule has 2 amide bonds. The number of hydrogen-bond acceptors (Lipinski definition) is 8. The second-order valence-corrected chi connectivity index (χ2v) is 16.4. The van der Waals surface area contributed by atoms with Gasteiger partial charge in [-0.1, -0.05) is 78.6 Å². The zero-order valence-corrected chi connectivity index (χ0v) is 31.2. The number of nitrogens with one attached hydrogen (secondary N) is 1. The standard InChI is InChI=1S/C41H60N4O6/c1-4-11-30(39(49)36(48)22-27-16-17-27)23-35(47)38-31(28-12-7-5-8-13-28)18-21-45(38)41(51)37(26(2)3)44-40(50)32(29-14-9-6-10-15-29)24-34(46)33-25-42-19-20-43-33/h19-20,25-32,37-38H,4-18,21-24H2,1-3H3,(H,44,50)/t30?,31-,32+,37+,38+/m1/s1. The Bertz CT molecular complexity index is 1380. The van der Waals surface area contributed by atoms with Crippen LogP contribution >= 0.6 is 0 Å². The molecule has 0 spiro atoms. The number of Topliss-reactive ketones (excluding diaryl/α,β-unsaturated/α-hetero) is 4. The number of hydrogen-bond donors (Lipinski definition) is 1. The van der Waals surface area contributed by atoms with Crippen molar-refractivity contribution in [2.45, 2.75) is 148 Å². The summed E-state index contributed by atoms with van der Waals surface area (Å²) in [5, 5.41) is 3.09. The second kappa shape index (κ2) is 18.5. The van der Waals surface area contributed by atoms with Gasteiger partial charge >= 0.3 is 0 Å². The summed E-state index contributed by atoms with van der Waals surface area (Å²) in [7, 11) is 0. The highest BCUT2D eigenvalue weighted by Gasteiger charge is 2.48. The maximum absolute atomic E-state index is 14.6. The summed E-state index contributed by atoms with van der Waals surface area (Å²) < 4.78 is 0. The zero-order valence-electron chi connectivity index (χ0n) is 31.2. The fourth-order valence-electron chi connectivity index (χ4n) is 9.19. The molecule has 1 aromatic rings. The van der Waals surface area contributed by atoms with Crippen LogP contribution in [0.3, 0.4) is 0 Å². The van der Waals surface area contributed by atoms with Crippen molar-refractivity contribution < 1.29 is 28.8 Å². The van der Waals surface area contributed by atoms with Crippen molar-refractivity contribution in [1.82, 2.24) is 20.2 Å². The van der Waals surface area contributed by atoms with E-state index in [-0.39, 0.29) is 71.9 Å². The maximum atomic E-state index is 14.6. The normalized spacial score (nSPS) is 23.4. The predicted octanol–water partition coefficient (Wildman–Crippen LogP) is 6.50. The van der Waals surface area contributed by atoms with Gasteiger partial charge in [0.2, 0.25) is 17.6 Å². The molecule has 0 aromatic carbocycles. The molecular formula is C41H60N4O6. The molecule has 3 saturated carbocycles. The van der Waals surface area contributed by atoms with Gasteiger partial charge in [-0.05, 0) is 68.1 Å². The summed E-state index contributed by atoms with van der Waals surface area (Å²) in [5.41, 5.74) is 0.226. The Labute approximate surface area is 304 Å². The molecule has 1 aromatic heterocycles. The fraction of sp³-hybridized carbons (Fsp3) is 0.756. The Balaban J connectivity index is 1.36. The summed E-state index contributed by atoms with van der Waals surface area (Å²) in [5.74, 6) is -2.65. The first-order valence-electron chi connectivity index (χ1n) is 20.1. The van der Waals surface area contributed by atoms with E-state index >= 15 is 0 Å². The van der Waals surface area contributed by atoms with Crippen LogP contribution in [0.1, 0.15) is 147 Å². The molecule has 10 heteroatoms. The van der Waals surface area contributed by atoms with Gasteiger partial charge in [0.05, 0.1) is 12.2 Å². The van der Waals surface area contributed by atoms with Crippen molar-refractivity contribution in [1.29, 1.82) is 0 Å². The second-order valence-electron chi connectivity index (χ2n) is 16.4. The lowest BCUT2D eigenvalue weighted by Gasteiger charge is -2.37. The van der Waals surface area contributed by atoms with Crippen LogP contribution in [0.5, 0.6) is 0 Å². The van der Waals surface area contributed by atoms with E-state index in [2.05, 4.69) is 15.3 Å². The third-order valence-electron chi connectivity index (χ3n) is 12.3. The number of likely N-dealkylation sites (tertiary alicyclic amines) is 1. The molecule has 1 aliphatic heterocycles. The smallest absolute Gasteiger partial charge is 0.246 e. The van der Waals surface area contributed by atoms with Crippen molar-refractivity contribution in [3.05, 3.63) is 24.3 Å². The minimum Gasteiger partial charge on any atom is -0.344 e. The highest BCUT2D eigenvalue weighted by atomic mass is 16.2. The van der Waals surface area contributed by atoms with E-state index < -0.39 is 29.7 Å². The summed E-state index contributed by atoms with van der Waals surface area (Å²) >= 11 is 0. The molecule has 280 valence electrons. The average molecular weight is 705 g/mol. The van der Waals surface area contributed by atoms with Crippen LogP contribution in [0, 0.1) is 41.4 Å². The van der Waals surface area contributed by atoms with E-state index in [1.165, 1.54) is 25.0 Å². The number of ketones is 4. The van der Waals surface area contributed by atoms with E-state index in [9.17, 15) is 28.8 Å². The Morgan fingerprint density at radius 3 is 2.16 bits per heavy atom. The van der Waals surface area contributed by atoms with E-state index in [0.29, 0.717) is 37.6 Å². The van der Waals surface area contributed by atoms with Crippen LogP contribution in [0.25, 0.3) is 0 Å². The predicted molar refractivity (Wildman–Crippen MR) is 193 cm³/mol. The fourth-order valence-corrected chi connectivity index (χ4v) is 9.19. The van der Waals surface area contributed by atoms with E-state index in [0.717, 1.165) is 70.6 Å². The van der Waals surface area contributed by atoms with Crippen LogP contribution in [-0.2, 0) is 24.0 Å². The molecule has 51 heavy (non-hydrogen) atoms. The molecule has 2 heterocycles. The van der Waals surface area contributed by atoms with Crippen LogP contribution in [0.4, 0.5) is 0 Å². The van der Waals surface area contributed by atoms with Gasteiger partial charge in [0, 0.05) is 50.0 Å². The largest absolute Gasteiger partial charge is 0.344 e. The van der Waals surface area contributed by atoms with Crippen LogP contribution < -0.4 is 5.32 Å². The third-order valence-corrected chi connectivity index (χ3v) is 12.3. The van der Waals surface area contributed by atoms with Gasteiger partial charge in [0.1, 0.15) is 11.7 Å². The van der Waals surface area contributed by atoms with Gasteiger partial charge in [-0.3, -0.25) is 33.8 Å². The molecule has 3 aliphatic carbocycles. The number of amides is 2. The lowest BCUT2D eigenvalue weighted by Crippen LogP contribution is -2.56. The average Bonchev–Trinajstić information content (AvgIpc) is 3.85. The Kier molecular flexibility index (Phi) is 14.1. The lowest BCUT2D eigenvalue weighted by atomic mass is 9.74. The molecule has 4 fully saturated rings. The number of aromatic nitrogens is 2. The highest BCUT2D eigenvalue weighted by molar-refractivity contribution is 6.38. The van der Waals surface area contributed by atoms with E-state index in [1.807, 2.05) is 20.8 Å². The SMILES string of the molecule is CCCC(CC(=O)[C@@H]1[C@@H](C2CCCCC2)CCN1C(=O)[C@@H](NC(=O)[C@@H](CC(=O)c1cnccn1)C1CCCCC1)C(C)C)C(=O)C(=O)CC1CC1. The molecule has 1 N–H and O–H groups in total. The van der Waals surface area contributed by atoms with Gasteiger partial charge in [0.25, 0.3) is 0 Å². The van der Waals surface area contributed by atoms with Gasteiger partial charge in [0.15, 0.2) is 17.3 Å². The molecule has 5 rings (SSSR count). The Hall–Kier alpha value is -3.30. The number of carbonyl (C=O) groups is 6. The van der Waals surface area contributed by atoms with Gasteiger partial charge in [-0.15, -0.1) is 0 Å². The topological polar surface area (TPSA) is 143 Å². The summed E-state index contributed by atoms with van der Waals surface area (Å²) in [4.78, 5) is 92.8.